The van der Waals surface area contributed by atoms with Crippen molar-refractivity contribution < 1.29 is 18.8 Å². The van der Waals surface area contributed by atoms with Crippen molar-refractivity contribution in [2.45, 2.75) is 32.0 Å². The molecule has 100 valence electrons. The summed E-state index contributed by atoms with van der Waals surface area (Å²) in [4.78, 5) is 4.18. The van der Waals surface area contributed by atoms with Crippen LogP contribution in [0.5, 0.6) is 5.75 Å². The second-order valence-corrected chi connectivity index (χ2v) is 4.50. The lowest BCUT2D eigenvalue weighted by molar-refractivity contribution is 0.220. The summed E-state index contributed by atoms with van der Waals surface area (Å²) >= 11 is 0. The quantitative estimate of drug-likeness (QED) is 0.896. The Morgan fingerprint density at radius 1 is 1.42 bits per heavy atom. The smallest absolute Gasteiger partial charge is 0.264 e. The Hall–Kier alpha value is -1.95. The lowest BCUT2D eigenvalue weighted by atomic mass is 10.2. The van der Waals surface area contributed by atoms with Crippen LogP contribution in [0.2, 0.25) is 0 Å². The largest absolute Gasteiger partial charge is 0.480 e. The molecule has 1 aromatic carbocycles. The third-order valence-corrected chi connectivity index (χ3v) is 2.99. The number of hydrogen-bond acceptors (Lipinski definition) is 5. The van der Waals surface area contributed by atoms with Crippen LogP contribution in [0, 0.1) is 5.82 Å². The Bertz CT molecular complexity index is 581. The van der Waals surface area contributed by atoms with Crippen molar-refractivity contribution in [1.82, 2.24) is 10.1 Å². The highest BCUT2D eigenvalue weighted by atomic mass is 19.1. The van der Waals surface area contributed by atoms with Crippen molar-refractivity contribution in [3.8, 4) is 5.75 Å². The fourth-order valence-corrected chi connectivity index (χ4v) is 1.81. The van der Waals surface area contributed by atoms with E-state index in [0.29, 0.717) is 23.2 Å². The van der Waals surface area contributed by atoms with Crippen LogP contribution in [-0.4, -0.2) is 15.2 Å². The Labute approximate surface area is 109 Å². The number of aromatic nitrogens is 2. The zero-order valence-electron chi connectivity index (χ0n) is 10.2. The van der Waals surface area contributed by atoms with Gasteiger partial charge < -0.3 is 14.4 Å². The summed E-state index contributed by atoms with van der Waals surface area (Å²) in [6.07, 6.45) is 2.17. The molecule has 0 bridgehead atoms. The van der Waals surface area contributed by atoms with Crippen molar-refractivity contribution in [2.24, 2.45) is 0 Å². The van der Waals surface area contributed by atoms with Crippen molar-refractivity contribution in [3.63, 3.8) is 0 Å². The van der Waals surface area contributed by atoms with Crippen LogP contribution in [0.15, 0.2) is 22.7 Å². The molecule has 19 heavy (non-hydrogen) atoms. The molecule has 2 aromatic rings. The number of ether oxygens (including phenoxy) is 1. The molecule has 0 spiro atoms. The van der Waals surface area contributed by atoms with Crippen molar-refractivity contribution >= 4 is 0 Å². The van der Waals surface area contributed by atoms with E-state index in [0.717, 1.165) is 12.8 Å². The second-order valence-electron chi connectivity index (χ2n) is 4.50. The predicted octanol–water partition coefficient (Wildman–Crippen LogP) is 2.16. The first-order chi connectivity index (χ1) is 9.28. The zero-order chi connectivity index (χ0) is 13.2. The van der Waals surface area contributed by atoms with Gasteiger partial charge in [-0.25, -0.2) is 4.39 Å². The topological polar surface area (TPSA) is 68.4 Å². The minimum absolute atomic E-state index is 0.00630. The second kappa shape index (κ2) is 4.97. The molecule has 1 N–H and O–H groups in total. The molecule has 0 saturated heterocycles. The molecule has 1 aliphatic carbocycles. The number of rotatable bonds is 5. The van der Waals surface area contributed by atoms with Gasteiger partial charge in [-0.1, -0.05) is 17.3 Å². The van der Waals surface area contributed by atoms with Crippen molar-refractivity contribution in [2.75, 3.05) is 0 Å². The molecule has 1 aliphatic rings. The molecule has 0 aliphatic heterocycles. The third kappa shape index (κ3) is 2.58. The van der Waals surface area contributed by atoms with Gasteiger partial charge in [0.2, 0.25) is 0 Å². The summed E-state index contributed by atoms with van der Waals surface area (Å²) in [5.41, 5.74) is 0.391. The van der Waals surface area contributed by atoms with Gasteiger partial charge in [0.05, 0.1) is 6.61 Å². The van der Waals surface area contributed by atoms with E-state index in [1.807, 2.05) is 0 Å². The average Bonchev–Trinajstić information content (AvgIpc) is 3.17. The maximum absolute atomic E-state index is 13.6. The minimum atomic E-state index is -0.520. The first kappa shape index (κ1) is 12.1. The van der Waals surface area contributed by atoms with Crippen LogP contribution in [-0.2, 0) is 13.2 Å². The molecule has 0 amide bonds. The molecular weight excluding hydrogens is 251 g/mol. The van der Waals surface area contributed by atoms with Crippen LogP contribution in [0.4, 0.5) is 4.39 Å². The lowest BCUT2D eigenvalue weighted by Gasteiger charge is -2.08. The molecule has 1 fully saturated rings. The Balaban J connectivity index is 1.71. The fraction of sp³-hybridized carbons (Fsp3) is 0.385. The molecule has 1 saturated carbocycles. The van der Waals surface area contributed by atoms with Gasteiger partial charge in [-0.3, -0.25) is 0 Å². The maximum Gasteiger partial charge on any atom is 0.264 e. The highest BCUT2D eigenvalue weighted by Crippen LogP contribution is 2.38. The Morgan fingerprint density at radius 3 is 3.00 bits per heavy atom. The van der Waals surface area contributed by atoms with Gasteiger partial charge in [0, 0.05) is 11.5 Å². The highest BCUT2D eigenvalue weighted by molar-refractivity contribution is 5.34. The fourth-order valence-electron chi connectivity index (χ4n) is 1.81. The summed E-state index contributed by atoms with van der Waals surface area (Å²) < 4.78 is 23.9. The molecule has 0 atom stereocenters. The minimum Gasteiger partial charge on any atom is -0.480 e. The number of benzene rings is 1. The average molecular weight is 264 g/mol. The highest BCUT2D eigenvalue weighted by Gasteiger charge is 2.28. The van der Waals surface area contributed by atoms with Gasteiger partial charge in [0.15, 0.2) is 24.0 Å². The Morgan fingerprint density at radius 2 is 2.26 bits per heavy atom. The summed E-state index contributed by atoms with van der Waals surface area (Å²) in [6, 6.07) is 4.39. The monoisotopic (exact) mass is 264 g/mol. The van der Waals surface area contributed by atoms with E-state index >= 15 is 0 Å². The summed E-state index contributed by atoms with van der Waals surface area (Å²) in [5, 5.41) is 13.0. The van der Waals surface area contributed by atoms with E-state index in [4.69, 9.17) is 14.4 Å². The standard InChI is InChI=1S/C13H13FN2O3/c14-10-3-1-2-9(6-17)12(10)18-7-11-15-13(16-19-11)8-4-5-8/h1-3,8,17H,4-7H2. The van der Waals surface area contributed by atoms with Crippen LogP contribution in [0.3, 0.4) is 0 Å². The number of hydrogen-bond donors (Lipinski definition) is 1. The van der Waals surface area contributed by atoms with Crippen molar-refractivity contribution in [3.05, 3.63) is 41.3 Å². The predicted molar refractivity (Wildman–Crippen MR) is 62.9 cm³/mol. The van der Waals surface area contributed by atoms with Crippen molar-refractivity contribution in [1.29, 1.82) is 0 Å². The summed E-state index contributed by atoms with van der Waals surface area (Å²) in [7, 11) is 0. The SMILES string of the molecule is OCc1cccc(F)c1OCc1nc(C2CC2)no1. The van der Waals surface area contributed by atoms with E-state index < -0.39 is 5.82 Å². The number of halogens is 1. The number of aliphatic hydroxyl groups excluding tert-OH is 1. The zero-order valence-corrected chi connectivity index (χ0v) is 10.2. The van der Waals surface area contributed by atoms with E-state index in [2.05, 4.69) is 10.1 Å². The molecule has 0 unspecified atom stereocenters. The lowest BCUT2D eigenvalue weighted by Crippen LogP contribution is -2.01. The van der Waals surface area contributed by atoms with Gasteiger partial charge >= 0.3 is 0 Å². The molecule has 1 aromatic heterocycles. The molecule has 1 heterocycles. The van der Waals surface area contributed by atoms with Gasteiger partial charge in [-0.05, 0) is 18.9 Å². The molecular formula is C13H13FN2O3. The third-order valence-electron chi connectivity index (χ3n) is 2.99. The summed E-state index contributed by atoms with van der Waals surface area (Å²) in [5.74, 6) is 0.909. The first-order valence-electron chi connectivity index (χ1n) is 6.11. The molecule has 6 heteroatoms. The van der Waals surface area contributed by atoms with Gasteiger partial charge in [-0.15, -0.1) is 0 Å². The van der Waals surface area contributed by atoms with E-state index in [9.17, 15) is 4.39 Å². The van der Waals surface area contributed by atoms with Crippen LogP contribution in [0.1, 0.15) is 36.0 Å². The number of nitrogens with zero attached hydrogens (tertiary/aromatic N) is 2. The Kier molecular flexibility index (Phi) is 3.16. The van der Waals surface area contributed by atoms with Gasteiger partial charge in [-0.2, -0.15) is 4.98 Å². The van der Waals surface area contributed by atoms with Gasteiger partial charge in [0.1, 0.15) is 0 Å². The molecule has 5 nitrogen and oxygen atoms in total. The molecule has 0 radical (unpaired) electrons. The first-order valence-corrected chi connectivity index (χ1v) is 6.11. The summed E-state index contributed by atoms with van der Waals surface area (Å²) in [6.45, 7) is -0.294. The number of para-hydroxylation sites is 1. The van der Waals surface area contributed by atoms with E-state index in [-0.39, 0.29) is 19.0 Å². The van der Waals surface area contributed by atoms with Gasteiger partial charge in [0.25, 0.3) is 5.89 Å². The maximum atomic E-state index is 13.6. The van der Waals surface area contributed by atoms with E-state index in [1.165, 1.54) is 12.1 Å². The molecule has 3 rings (SSSR count). The van der Waals surface area contributed by atoms with E-state index in [1.54, 1.807) is 6.07 Å². The number of aliphatic hydroxyl groups is 1. The van der Waals surface area contributed by atoms with Crippen LogP contribution < -0.4 is 4.74 Å². The van der Waals surface area contributed by atoms with Crippen LogP contribution >= 0.6 is 0 Å². The van der Waals surface area contributed by atoms with Crippen LogP contribution in [0.25, 0.3) is 0 Å². The normalized spacial score (nSPS) is 14.6.